The Morgan fingerprint density at radius 3 is 1.12 bits per heavy atom. The van der Waals surface area contributed by atoms with Crippen molar-refractivity contribution in [1.82, 2.24) is 39.9 Å². The van der Waals surface area contributed by atoms with Gasteiger partial charge in [0.1, 0.15) is 17.6 Å². The molecule has 0 atom stereocenters. The van der Waals surface area contributed by atoms with Crippen LogP contribution in [-0.2, 0) is 130 Å². The molecule has 606 valence electrons. The van der Waals surface area contributed by atoms with Gasteiger partial charge in [-0.05, 0) is 137 Å². The molecule has 0 aliphatic rings. The maximum Gasteiger partial charge on any atom is 0.354 e. The molecule has 0 aliphatic carbocycles. The molecule has 16 rings (SSSR count). The van der Waals surface area contributed by atoms with E-state index in [9.17, 15) is 31.9 Å². The van der Waals surface area contributed by atoms with Crippen LogP contribution < -0.4 is 0 Å². The van der Waals surface area contributed by atoms with E-state index in [1.54, 1.807) is 60.9 Å². The summed E-state index contributed by atoms with van der Waals surface area (Å²) in [5, 5.41) is 31.0. The summed E-state index contributed by atoms with van der Waals surface area (Å²) in [6.45, 7) is 5.70. The number of halogens is 4. The van der Waals surface area contributed by atoms with Crippen molar-refractivity contribution in [2.24, 2.45) is 0 Å². The number of aromatic nitrogens is 8. The van der Waals surface area contributed by atoms with Gasteiger partial charge < -0.3 is 40.2 Å². The van der Waals surface area contributed by atoms with Crippen LogP contribution in [0.2, 0.25) is 0 Å². The number of carbonyl (C=O) groups excluding carboxylic acids is 2. The molecule has 117 heavy (non-hydrogen) atoms. The standard InChI is InChI=1S/3C15H10N.C11H6F2N.C11H8N.C10H5F2N2.C6H5NO2.2C5H8O2.6Ir/c2*1-2-7-13(8-3-1)15-14-9-5-4-6-12(14)10-11-16-15;1-2-6-12(7-3-1)15-11-10-13-8-4-5-9-14(13)16-15;12-8-4-5-9(10(13)7-8)11-3-1-2-6-14-11;1-2-6-10(7-3-1)11-8-4-5-9-12-11;11-9-5-4-7(10(12)14-9)8-3-1-2-6-13-8;8-6(9)5-3-1-2-4-7-5;2*1-4(6)3-5(2)7;;;;;;/h2*1-7,9-11H;1-6,8-11H;1-4,6-7H;1-6,8-9H;1-3,5-6H;1-4H,(H,8,9);2*3,6H,1-2H3;;;;;;/q6*-1;;;;;;;;;. The number of benzene rings is 8. The summed E-state index contributed by atoms with van der Waals surface area (Å²) < 4.78 is 51.4. The number of ketones is 2. The topological polar surface area (TPSA) is 215 Å². The molecular weight excluding hydrogens is 2550 g/mol. The second-order valence-electron chi connectivity index (χ2n) is 23.1. The zero-order valence-corrected chi connectivity index (χ0v) is 76.8. The monoisotopic (exact) mass is 2630 g/mol. The van der Waals surface area contributed by atoms with Gasteiger partial charge in [-0.1, -0.05) is 145 Å². The van der Waals surface area contributed by atoms with E-state index in [0.29, 0.717) is 11.4 Å². The molecule has 8 aromatic carbocycles. The maximum atomic E-state index is 13.2. The van der Waals surface area contributed by atoms with E-state index >= 15 is 0 Å². The molecule has 16 aromatic rings. The van der Waals surface area contributed by atoms with Gasteiger partial charge in [-0.25, -0.2) is 18.6 Å². The van der Waals surface area contributed by atoms with Crippen molar-refractivity contribution < 1.29 is 168 Å². The number of fused-ring (bicyclic) bond motifs is 3. The molecule has 0 saturated heterocycles. The number of carboxylic acid groups (broad SMARTS) is 1. The van der Waals surface area contributed by atoms with Crippen molar-refractivity contribution >= 4 is 50.0 Å². The number of rotatable bonds is 9. The van der Waals surface area contributed by atoms with E-state index in [0.717, 1.165) is 68.7 Å². The third kappa shape index (κ3) is 35.7. The van der Waals surface area contributed by atoms with Crippen molar-refractivity contribution in [2.45, 2.75) is 27.7 Å². The maximum absolute atomic E-state index is 13.2. The molecule has 0 bridgehead atoms. The number of para-hydroxylation sites is 1. The van der Waals surface area contributed by atoms with E-state index in [1.165, 1.54) is 85.2 Å². The molecule has 14 nitrogen and oxygen atoms in total. The summed E-state index contributed by atoms with van der Waals surface area (Å²) in [4.78, 5) is 62.4. The third-order valence-electron chi connectivity index (χ3n) is 14.7. The van der Waals surface area contributed by atoms with Gasteiger partial charge in [-0.2, -0.15) is 0 Å². The number of aromatic carboxylic acids is 1. The average Bonchev–Trinajstić information content (AvgIpc) is 0.816. The number of nitrogens with zero attached hydrogens (tertiary/aromatic N) is 8. The van der Waals surface area contributed by atoms with Crippen LogP contribution in [0.3, 0.4) is 0 Å². The molecule has 3 N–H and O–H groups in total. The molecule has 0 amide bonds. The summed E-state index contributed by atoms with van der Waals surface area (Å²) >= 11 is 0. The molecule has 8 heterocycles. The minimum Gasteiger partial charge on any atom is -0.512 e. The van der Waals surface area contributed by atoms with Crippen molar-refractivity contribution in [2.75, 3.05) is 0 Å². The molecular formula is C93H70F4Ir6N8O6-6. The molecule has 24 heteroatoms. The van der Waals surface area contributed by atoms with Crippen molar-refractivity contribution in [3.63, 3.8) is 0 Å². The Balaban J connectivity index is 0.000000449. The Kier molecular flexibility index (Phi) is 49.4. The zero-order valence-electron chi connectivity index (χ0n) is 62.4. The summed E-state index contributed by atoms with van der Waals surface area (Å²) in [5.41, 5.74) is 10.3. The fourth-order valence-electron chi connectivity index (χ4n) is 9.89. The molecule has 0 spiro atoms. The van der Waals surface area contributed by atoms with E-state index in [4.69, 9.17) is 15.3 Å². The summed E-state index contributed by atoms with van der Waals surface area (Å²) in [6, 6.07) is 106. The number of aliphatic hydroxyl groups is 2. The molecule has 0 unspecified atom stereocenters. The SMILES string of the molecule is CC(=O)C=C(C)O.CC(=O)C=C(C)O.Fc1c[c-]c(-c2ccccn2)c(F)c1.Fc1c[c-]c(-c2ccccn2)c(F)n1.O=C(O)c1ccccn1.[Ir].[Ir].[Ir].[Ir].[Ir].[Ir].[c-]1ccccc1-c1ccc2ccccc2n1.[c-]1ccccc1-c1ccccn1.[c-]1ccccc1-c1nccc2ccccc12.[c-]1ccccc1-c1nccc2ccccc12. The number of aliphatic hydroxyl groups excluding tert-OH is 2. The van der Waals surface area contributed by atoms with Crippen molar-refractivity contribution in [3.8, 4) is 67.5 Å². The van der Waals surface area contributed by atoms with Gasteiger partial charge in [0.25, 0.3) is 0 Å². The molecule has 0 aliphatic heterocycles. The average molecular weight is 2620 g/mol. The van der Waals surface area contributed by atoms with E-state index in [-0.39, 0.29) is 161 Å². The number of hydrogen-bond donors (Lipinski definition) is 3. The molecule has 0 saturated carbocycles. The minimum atomic E-state index is -0.990. The normalized spacial score (nSPS) is 9.78. The van der Waals surface area contributed by atoms with Crippen LogP contribution in [0.5, 0.6) is 0 Å². The summed E-state index contributed by atoms with van der Waals surface area (Å²) in [7, 11) is 0. The van der Waals surface area contributed by atoms with Crippen LogP contribution in [-0.4, -0.2) is 72.7 Å². The van der Waals surface area contributed by atoms with Crippen LogP contribution in [0.25, 0.3) is 100.0 Å². The predicted molar refractivity (Wildman–Crippen MR) is 427 cm³/mol. The van der Waals surface area contributed by atoms with Crippen LogP contribution in [0.4, 0.5) is 17.6 Å². The Morgan fingerprint density at radius 2 is 0.735 bits per heavy atom. The first-order chi connectivity index (χ1) is 53.9. The quantitative estimate of drug-likeness (QED) is 0.0403. The first kappa shape index (κ1) is 102. The van der Waals surface area contributed by atoms with E-state index < -0.39 is 29.5 Å². The fourth-order valence-corrected chi connectivity index (χ4v) is 9.89. The zero-order chi connectivity index (χ0) is 79.0. The number of allylic oxidation sites excluding steroid dienone is 4. The van der Waals surface area contributed by atoms with Crippen LogP contribution in [0.1, 0.15) is 38.2 Å². The van der Waals surface area contributed by atoms with Gasteiger partial charge in [0.05, 0.1) is 17.0 Å². The third-order valence-corrected chi connectivity index (χ3v) is 14.7. The second-order valence-corrected chi connectivity index (χ2v) is 23.1. The number of pyridine rings is 8. The smallest absolute Gasteiger partial charge is 0.354 e. The van der Waals surface area contributed by atoms with E-state index in [1.807, 2.05) is 188 Å². The number of carboxylic acids is 1. The minimum absolute atomic E-state index is 0. The Hall–Kier alpha value is -10.8. The number of hydrogen-bond acceptors (Lipinski definition) is 13. The fraction of sp³-hybridized carbons (Fsp3) is 0.0430. The Bertz CT molecular complexity index is 5350. The van der Waals surface area contributed by atoms with Gasteiger partial charge >= 0.3 is 5.97 Å². The van der Waals surface area contributed by atoms with Crippen LogP contribution in [0.15, 0.2) is 346 Å². The summed E-state index contributed by atoms with van der Waals surface area (Å²) in [6.07, 6.45) is 12.3. The largest absolute Gasteiger partial charge is 0.512 e. The van der Waals surface area contributed by atoms with Crippen molar-refractivity contribution in [3.05, 3.63) is 412 Å². The molecule has 8 aromatic heterocycles. The van der Waals surface area contributed by atoms with Gasteiger partial charge in [0.15, 0.2) is 11.6 Å². The Morgan fingerprint density at radius 1 is 0.342 bits per heavy atom. The summed E-state index contributed by atoms with van der Waals surface area (Å²) in [5.74, 6) is -4.19. The van der Waals surface area contributed by atoms with Crippen molar-refractivity contribution in [1.29, 1.82) is 0 Å². The molecule has 0 fully saturated rings. The van der Waals surface area contributed by atoms with Crippen LogP contribution >= 0.6 is 0 Å². The van der Waals surface area contributed by atoms with Gasteiger partial charge in [0.2, 0.25) is 0 Å². The van der Waals surface area contributed by atoms with Gasteiger partial charge in [-0.3, -0.25) is 28.3 Å². The van der Waals surface area contributed by atoms with E-state index in [2.05, 4.69) is 113 Å². The first-order valence-electron chi connectivity index (χ1n) is 34.1. The second kappa shape index (κ2) is 56.5. The van der Waals surface area contributed by atoms with Gasteiger partial charge in [0, 0.05) is 182 Å². The van der Waals surface area contributed by atoms with Gasteiger partial charge in [-0.15, -0.1) is 162 Å². The first-order valence-corrected chi connectivity index (χ1v) is 34.1. The number of carbonyl (C=O) groups is 3. The molecule has 6 radical (unpaired) electrons. The Labute approximate surface area is 757 Å². The predicted octanol–water partition coefficient (Wildman–Crippen LogP) is 21.5. The van der Waals surface area contributed by atoms with Crippen LogP contribution in [0, 0.1) is 59.9 Å².